The summed E-state index contributed by atoms with van der Waals surface area (Å²) in [7, 11) is 0. The van der Waals surface area contributed by atoms with E-state index in [0.29, 0.717) is 42.6 Å². The van der Waals surface area contributed by atoms with E-state index in [1.807, 2.05) is 20.8 Å². The van der Waals surface area contributed by atoms with Crippen molar-refractivity contribution in [3.05, 3.63) is 28.0 Å². The molecule has 0 aromatic carbocycles. The fourth-order valence-corrected chi connectivity index (χ4v) is 3.28. The zero-order chi connectivity index (χ0) is 20.4. The molecular weight excluding hydrogens is 362 g/mol. The predicted octanol–water partition coefficient (Wildman–Crippen LogP) is 2.89. The van der Waals surface area contributed by atoms with Crippen LogP contribution in [-0.2, 0) is 16.0 Å². The number of aromatic nitrogens is 5. The Balaban J connectivity index is 1.80. The molecule has 3 heterocycles. The van der Waals surface area contributed by atoms with Crippen LogP contribution in [0.4, 0.5) is 0 Å². The molecule has 9 heteroatoms. The van der Waals surface area contributed by atoms with Gasteiger partial charge in [-0.1, -0.05) is 25.9 Å². The van der Waals surface area contributed by atoms with Crippen molar-refractivity contribution in [2.75, 3.05) is 13.2 Å². The summed E-state index contributed by atoms with van der Waals surface area (Å²) < 4.78 is 20.0. The molecular formula is C19H31N5O4. The van der Waals surface area contributed by atoms with Gasteiger partial charge in [-0.05, 0) is 39.0 Å². The molecule has 0 bridgehead atoms. The maximum Gasteiger partial charge on any atom is 0.346 e. The molecule has 0 saturated carbocycles. The molecule has 1 aliphatic heterocycles. The summed E-state index contributed by atoms with van der Waals surface area (Å²) in [6.45, 7) is 13.5. The third kappa shape index (κ3) is 4.35. The average molecular weight is 393 g/mol. The Morgan fingerprint density at radius 3 is 2.61 bits per heavy atom. The summed E-state index contributed by atoms with van der Waals surface area (Å²) in [5.41, 5.74) is -0.198. The van der Waals surface area contributed by atoms with Crippen LogP contribution in [0.2, 0.25) is 0 Å². The first-order chi connectivity index (χ1) is 13.3. The summed E-state index contributed by atoms with van der Waals surface area (Å²) in [6, 6.07) is -0.0182. The largest absolute Gasteiger partial charge is 0.370 e. The lowest BCUT2D eigenvalue weighted by Gasteiger charge is -2.16. The molecule has 3 atom stereocenters. The van der Waals surface area contributed by atoms with Crippen LogP contribution < -0.4 is 5.69 Å². The summed E-state index contributed by atoms with van der Waals surface area (Å²) in [5.74, 6) is 2.21. The van der Waals surface area contributed by atoms with Gasteiger partial charge in [0, 0.05) is 19.3 Å². The monoisotopic (exact) mass is 393 g/mol. The van der Waals surface area contributed by atoms with Gasteiger partial charge in [0.05, 0.1) is 0 Å². The Hall–Kier alpha value is -2.00. The number of rotatable bonds is 8. The lowest BCUT2D eigenvalue weighted by Crippen LogP contribution is -2.28. The fourth-order valence-electron chi connectivity index (χ4n) is 3.28. The van der Waals surface area contributed by atoms with Crippen molar-refractivity contribution in [1.29, 1.82) is 0 Å². The molecule has 0 aliphatic carbocycles. The highest BCUT2D eigenvalue weighted by atomic mass is 16.5. The van der Waals surface area contributed by atoms with Gasteiger partial charge in [-0.2, -0.15) is 10.1 Å². The molecule has 0 N–H and O–H groups in total. The highest BCUT2D eigenvalue weighted by Gasteiger charge is 2.32. The van der Waals surface area contributed by atoms with E-state index in [0.717, 1.165) is 6.42 Å². The van der Waals surface area contributed by atoms with E-state index < -0.39 is 0 Å². The second kappa shape index (κ2) is 8.57. The molecule has 0 unspecified atom stereocenters. The smallest absolute Gasteiger partial charge is 0.346 e. The topological polar surface area (TPSA) is 97.2 Å². The van der Waals surface area contributed by atoms with Gasteiger partial charge in [-0.15, -0.1) is 0 Å². The normalized spacial score (nSPS) is 21.1. The van der Waals surface area contributed by atoms with E-state index >= 15 is 0 Å². The number of nitrogens with zero attached hydrogens (tertiary/aromatic N) is 5. The molecule has 9 nitrogen and oxygen atoms in total. The highest BCUT2D eigenvalue weighted by Crippen LogP contribution is 2.33. The van der Waals surface area contributed by atoms with Gasteiger partial charge in [0.2, 0.25) is 5.89 Å². The SMILES string of the molecule is CC(C)CO[C@@H](C)c1noc(Cn2nc([C@H]3OCC[C@H]3C)n(C(C)C)c2=O)n1. The van der Waals surface area contributed by atoms with Gasteiger partial charge in [-0.25, -0.2) is 9.48 Å². The zero-order valence-electron chi connectivity index (χ0n) is 17.6. The third-order valence-corrected chi connectivity index (χ3v) is 4.87. The van der Waals surface area contributed by atoms with Gasteiger partial charge in [0.25, 0.3) is 0 Å². The lowest BCUT2D eigenvalue weighted by atomic mass is 10.0. The van der Waals surface area contributed by atoms with Crippen molar-refractivity contribution < 1.29 is 14.0 Å². The molecule has 1 saturated heterocycles. The molecule has 1 aliphatic rings. The second-order valence-corrected chi connectivity index (χ2v) is 8.24. The molecule has 0 spiro atoms. The lowest BCUT2D eigenvalue weighted by molar-refractivity contribution is 0.0402. The third-order valence-electron chi connectivity index (χ3n) is 4.87. The Labute approximate surface area is 165 Å². The van der Waals surface area contributed by atoms with E-state index in [1.165, 1.54) is 4.68 Å². The van der Waals surface area contributed by atoms with Gasteiger partial charge >= 0.3 is 5.69 Å². The van der Waals surface area contributed by atoms with Crippen LogP contribution in [0.5, 0.6) is 0 Å². The summed E-state index contributed by atoms with van der Waals surface area (Å²) >= 11 is 0. The van der Waals surface area contributed by atoms with Crippen molar-refractivity contribution in [2.45, 2.75) is 72.8 Å². The molecule has 2 aromatic rings. The van der Waals surface area contributed by atoms with Crippen molar-refractivity contribution in [2.24, 2.45) is 11.8 Å². The quantitative estimate of drug-likeness (QED) is 0.680. The van der Waals surface area contributed by atoms with Crippen LogP contribution in [0.3, 0.4) is 0 Å². The van der Waals surface area contributed by atoms with Crippen molar-refractivity contribution in [1.82, 2.24) is 24.5 Å². The maximum atomic E-state index is 12.9. The minimum absolute atomic E-state index is 0.0182. The van der Waals surface area contributed by atoms with Crippen molar-refractivity contribution in [3.63, 3.8) is 0 Å². The standard InChI is InChI=1S/C19H31N5O4/c1-11(2)10-27-14(6)17-20-15(28-22-17)9-23-19(25)24(12(3)4)18(21-23)16-13(5)7-8-26-16/h11-14,16H,7-10H2,1-6H3/t13-,14+,16+/m1/s1. The van der Waals surface area contributed by atoms with Gasteiger partial charge < -0.3 is 14.0 Å². The number of hydrogen-bond acceptors (Lipinski definition) is 7. The molecule has 1 fully saturated rings. The van der Waals surface area contributed by atoms with Crippen LogP contribution in [0.25, 0.3) is 0 Å². The Morgan fingerprint density at radius 1 is 1.25 bits per heavy atom. The molecule has 28 heavy (non-hydrogen) atoms. The first-order valence-corrected chi connectivity index (χ1v) is 10.0. The first-order valence-electron chi connectivity index (χ1n) is 10.0. The van der Waals surface area contributed by atoms with E-state index in [-0.39, 0.29) is 30.5 Å². The number of hydrogen-bond donors (Lipinski definition) is 0. The Bertz CT molecular complexity index is 838. The van der Waals surface area contributed by atoms with Gasteiger partial charge in [0.15, 0.2) is 11.6 Å². The van der Waals surface area contributed by atoms with Crippen LogP contribution in [-0.4, -0.2) is 37.7 Å². The van der Waals surface area contributed by atoms with E-state index in [9.17, 15) is 4.79 Å². The molecule has 0 amide bonds. The van der Waals surface area contributed by atoms with E-state index in [1.54, 1.807) is 4.57 Å². The highest BCUT2D eigenvalue weighted by molar-refractivity contribution is 5.00. The Kier molecular flexibility index (Phi) is 6.34. The Morgan fingerprint density at radius 2 is 2.00 bits per heavy atom. The summed E-state index contributed by atoms with van der Waals surface area (Å²) in [6.07, 6.45) is 0.526. The van der Waals surface area contributed by atoms with E-state index in [2.05, 4.69) is 36.0 Å². The predicted molar refractivity (Wildman–Crippen MR) is 102 cm³/mol. The summed E-state index contributed by atoms with van der Waals surface area (Å²) in [4.78, 5) is 17.3. The molecule has 0 radical (unpaired) electrons. The van der Waals surface area contributed by atoms with Crippen LogP contribution in [0, 0.1) is 11.8 Å². The van der Waals surface area contributed by atoms with Crippen molar-refractivity contribution in [3.8, 4) is 0 Å². The van der Waals surface area contributed by atoms with Gasteiger partial charge in [-0.3, -0.25) is 4.57 Å². The first kappa shape index (κ1) is 20.7. The molecule has 3 rings (SSSR count). The minimum Gasteiger partial charge on any atom is -0.370 e. The minimum atomic E-state index is -0.270. The fraction of sp³-hybridized carbons (Fsp3) is 0.789. The van der Waals surface area contributed by atoms with E-state index in [4.69, 9.17) is 14.0 Å². The molecule has 2 aromatic heterocycles. The summed E-state index contributed by atoms with van der Waals surface area (Å²) in [5, 5.41) is 8.54. The van der Waals surface area contributed by atoms with Crippen LogP contribution >= 0.6 is 0 Å². The van der Waals surface area contributed by atoms with Crippen LogP contribution in [0.15, 0.2) is 9.32 Å². The maximum absolute atomic E-state index is 12.9. The molecule has 156 valence electrons. The average Bonchev–Trinajstić information content (AvgIpc) is 3.33. The van der Waals surface area contributed by atoms with Gasteiger partial charge in [0.1, 0.15) is 18.8 Å². The van der Waals surface area contributed by atoms with Crippen LogP contribution in [0.1, 0.15) is 83.8 Å². The van der Waals surface area contributed by atoms with Crippen molar-refractivity contribution >= 4 is 0 Å². The zero-order valence-corrected chi connectivity index (χ0v) is 17.6. The second-order valence-electron chi connectivity index (χ2n) is 8.24. The number of ether oxygens (including phenoxy) is 2.